The van der Waals surface area contributed by atoms with Crippen molar-refractivity contribution in [2.75, 3.05) is 11.9 Å². The average Bonchev–Trinajstić information content (AvgIpc) is 2.88. The number of urea groups is 1. The number of nitrogens with one attached hydrogen (secondary N) is 2. The molecule has 5 nitrogen and oxygen atoms in total. The molecule has 0 saturated heterocycles. The van der Waals surface area contributed by atoms with Gasteiger partial charge in [0.05, 0.1) is 11.0 Å². The van der Waals surface area contributed by atoms with Gasteiger partial charge >= 0.3 is 6.03 Å². The molecule has 0 fully saturated rings. The number of aliphatic hydroxyl groups is 1. The minimum absolute atomic E-state index is 0.306. The molecule has 2 rings (SSSR count). The Morgan fingerprint density at radius 1 is 1.40 bits per heavy atom. The maximum atomic E-state index is 11.6. The highest BCUT2D eigenvalue weighted by Gasteiger charge is 2.07. The molecule has 2 aromatic rings. The largest absolute Gasteiger partial charge is 0.393 e. The van der Waals surface area contributed by atoms with Crippen molar-refractivity contribution in [3.8, 4) is 10.4 Å². The Hall–Kier alpha value is -1.92. The van der Waals surface area contributed by atoms with E-state index in [1.165, 1.54) is 11.3 Å². The Labute approximate surface area is 121 Å². The third-order valence-electron chi connectivity index (χ3n) is 2.63. The summed E-state index contributed by atoms with van der Waals surface area (Å²) in [6, 6.07) is 9.58. The van der Waals surface area contributed by atoms with Crippen LogP contribution in [-0.2, 0) is 0 Å². The summed E-state index contributed by atoms with van der Waals surface area (Å²) in [6.45, 7) is 2.12. The van der Waals surface area contributed by atoms with Crippen molar-refractivity contribution >= 4 is 22.5 Å². The molecule has 3 N–H and O–H groups in total. The smallest absolute Gasteiger partial charge is 0.321 e. The van der Waals surface area contributed by atoms with Gasteiger partial charge in [0, 0.05) is 12.7 Å². The number of hydrogen-bond acceptors (Lipinski definition) is 4. The zero-order valence-corrected chi connectivity index (χ0v) is 12.0. The van der Waals surface area contributed by atoms with Crippen LogP contribution in [0.3, 0.4) is 0 Å². The number of amides is 2. The average molecular weight is 291 g/mol. The predicted octanol–water partition coefficient (Wildman–Crippen LogP) is 2.70. The van der Waals surface area contributed by atoms with Crippen LogP contribution in [-0.4, -0.2) is 28.8 Å². The first-order valence-corrected chi connectivity index (χ1v) is 7.21. The Balaban J connectivity index is 1.88. The lowest BCUT2D eigenvalue weighted by Gasteiger charge is -2.06. The molecule has 1 heterocycles. The second-order valence-corrected chi connectivity index (χ2v) is 5.44. The second kappa shape index (κ2) is 7.02. The first kappa shape index (κ1) is 14.5. The van der Waals surface area contributed by atoms with Crippen LogP contribution in [0.15, 0.2) is 36.5 Å². The van der Waals surface area contributed by atoms with E-state index in [9.17, 15) is 4.79 Å². The summed E-state index contributed by atoms with van der Waals surface area (Å²) < 4.78 is 0. The SMILES string of the molecule is CC(O)CCNC(=O)Nc1ncc(-c2ccccc2)s1. The van der Waals surface area contributed by atoms with Crippen LogP contribution in [0.4, 0.5) is 9.93 Å². The minimum atomic E-state index is -0.417. The summed E-state index contributed by atoms with van der Waals surface area (Å²) in [5.74, 6) is 0. The van der Waals surface area contributed by atoms with Crippen molar-refractivity contribution in [2.24, 2.45) is 0 Å². The van der Waals surface area contributed by atoms with Gasteiger partial charge in [-0.25, -0.2) is 9.78 Å². The number of rotatable bonds is 5. The quantitative estimate of drug-likeness (QED) is 0.793. The fourth-order valence-corrected chi connectivity index (χ4v) is 2.42. The van der Waals surface area contributed by atoms with Crippen molar-refractivity contribution in [3.63, 3.8) is 0 Å². The van der Waals surface area contributed by atoms with Gasteiger partial charge in [0.2, 0.25) is 0 Å². The molecular formula is C14H17N3O2S. The van der Waals surface area contributed by atoms with E-state index in [4.69, 9.17) is 5.11 Å². The maximum Gasteiger partial charge on any atom is 0.321 e. The minimum Gasteiger partial charge on any atom is -0.393 e. The summed E-state index contributed by atoms with van der Waals surface area (Å²) >= 11 is 1.42. The highest BCUT2D eigenvalue weighted by molar-refractivity contribution is 7.19. The third kappa shape index (κ3) is 4.32. The summed E-state index contributed by atoms with van der Waals surface area (Å²) in [7, 11) is 0. The van der Waals surface area contributed by atoms with Crippen molar-refractivity contribution in [1.29, 1.82) is 0 Å². The van der Waals surface area contributed by atoms with E-state index in [-0.39, 0.29) is 6.03 Å². The number of nitrogens with zero attached hydrogens (tertiary/aromatic N) is 1. The zero-order chi connectivity index (χ0) is 14.4. The number of aromatic nitrogens is 1. The molecule has 6 heteroatoms. The van der Waals surface area contributed by atoms with Gasteiger partial charge in [-0.1, -0.05) is 41.7 Å². The van der Waals surface area contributed by atoms with Gasteiger partial charge in [-0.3, -0.25) is 5.32 Å². The lowest BCUT2D eigenvalue weighted by molar-refractivity contribution is 0.184. The van der Waals surface area contributed by atoms with Crippen LogP contribution in [0.5, 0.6) is 0 Å². The van der Waals surface area contributed by atoms with Gasteiger partial charge in [0.25, 0.3) is 0 Å². The maximum absolute atomic E-state index is 11.6. The number of carbonyl (C=O) groups is 1. The lowest BCUT2D eigenvalue weighted by atomic mass is 10.2. The monoisotopic (exact) mass is 291 g/mol. The molecule has 0 bridgehead atoms. The molecule has 0 aliphatic carbocycles. The van der Waals surface area contributed by atoms with Crippen molar-refractivity contribution in [1.82, 2.24) is 10.3 Å². The first-order valence-electron chi connectivity index (χ1n) is 6.39. The summed E-state index contributed by atoms with van der Waals surface area (Å²) in [6.07, 6.45) is 1.85. The van der Waals surface area contributed by atoms with Crippen LogP contribution in [0.2, 0.25) is 0 Å². The topological polar surface area (TPSA) is 74.2 Å². The van der Waals surface area contributed by atoms with Gasteiger partial charge in [0.15, 0.2) is 5.13 Å². The van der Waals surface area contributed by atoms with Gasteiger partial charge in [0.1, 0.15) is 0 Å². The van der Waals surface area contributed by atoms with E-state index < -0.39 is 6.10 Å². The summed E-state index contributed by atoms with van der Waals surface area (Å²) in [5, 5.41) is 15.0. The molecule has 1 aromatic carbocycles. The molecule has 0 saturated carbocycles. The first-order chi connectivity index (χ1) is 9.65. The molecule has 1 unspecified atom stereocenters. The van der Waals surface area contributed by atoms with Crippen molar-refractivity contribution in [3.05, 3.63) is 36.5 Å². The third-order valence-corrected chi connectivity index (χ3v) is 3.59. The Bertz CT molecular complexity index is 555. The van der Waals surface area contributed by atoms with Crippen LogP contribution in [0.1, 0.15) is 13.3 Å². The fourth-order valence-electron chi connectivity index (χ4n) is 1.60. The fraction of sp³-hybridized carbons (Fsp3) is 0.286. The molecule has 0 aliphatic rings. The van der Waals surface area contributed by atoms with Crippen LogP contribution in [0, 0.1) is 0 Å². The van der Waals surface area contributed by atoms with Crippen LogP contribution in [0.25, 0.3) is 10.4 Å². The normalized spacial score (nSPS) is 11.9. The van der Waals surface area contributed by atoms with Gasteiger partial charge in [-0.05, 0) is 18.9 Å². The number of carbonyl (C=O) groups excluding carboxylic acids is 1. The van der Waals surface area contributed by atoms with Crippen LogP contribution >= 0.6 is 11.3 Å². The molecule has 0 radical (unpaired) electrons. The van der Waals surface area contributed by atoms with E-state index in [2.05, 4.69) is 15.6 Å². The zero-order valence-electron chi connectivity index (χ0n) is 11.2. The molecule has 1 atom stereocenters. The van der Waals surface area contributed by atoms with Crippen molar-refractivity contribution < 1.29 is 9.90 Å². The highest BCUT2D eigenvalue weighted by Crippen LogP contribution is 2.28. The van der Waals surface area contributed by atoms with Gasteiger partial charge < -0.3 is 10.4 Å². The second-order valence-electron chi connectivity index (χ2n) is 4.41. The summed E-state index contributed by atoms with van der Waals surface area (Å²) in [5.41, 5.74) is 1.08. The van der Waals surface area contributed by atoms with E-state index in [0.717, 1.165) is 10.4 Å². The number of thiazole rings is 1. The number of hydrogen-bond donors (Lipinski definition) is 3. The number of anilines is 1. The molecular weight excluding hydrogens is 274 g/mol. The molecule has 1 aromatic heterocycles. The molecule has 2 amide bonds. The predicted molar refractivity (Wildman–Crippen MR) is 80.9 cm³/mol. The molecule has 106 valence electrons. The highest BCUT2D eigenvalue weighted by atomic mass is 32.1. The molecule has 0 aliphatic heterocycles. The molecule has 0 spiro atoms. The Morgan fingerprint density at radius 2 is 2.15 bits per heavy atom. The van der Waals surface area contributed by atoms with E-state index in [1.807, 2.05) is 30.3 Å². The van der Waals surface area contributed by atoms with E-state index in [1.54, 1.807) is 13.1 Å². The molecule has 20 heavy (non-hydrogen) atoms. The Kier molecular flexibility index (Phi) is 5.09. The van der Waals surface area contributed by atoms with E-state index in [0.29, 0.717) is 18.1 Å². The Morgan fingerprint density at radius 3 is 2.85 bits per heavy atom. The number of benzene rings is 1. The van der Waals surface area contributed by atoms with Gasteiger partial charge in [-0.15, -0.1) is 0 Å². The lowest BCUT2D eigenvalue weighted by Crippen LogP contribution is -2.30. The van der Waals surface area contributed by atoms with Crippen molar-refractivity contribution in [2.45, 2.75) is 19.4 Å². The number of aliphatic hydroxyl groups excluding tert-OH is 1. The standard InChI is InChI=1S/C14H17N3O2S/c1-10(18)7-8-15-13(19)17-14-16-9-12(20-14)11-5-3-2-4-6-11/h2-6,9-10,18H,7-8H2,1H3,(H2,15,16,17,19). The van der Waals surface area contributed by atoms with Crippen LogP contribution < -0.4 is 10.6 Å². The van der Waals surface area contributed by atoms with Gasteiger partial charge in [-0.2, -0.15) is 0 Å². The summed E-state index contributed by atoms with van der Waals surface area (Å²) in [4.78, 5) is 16.8. The van der Waals surface area contributed by atoms with E-state index >= 15 is 0 Å².